The van der Waals surface area contributed by atoms with Gasteiger partial charge in [0.1, 0.15) is 5.75 Å². The highest BCUT2D eigenvalue weighted by Crippen LogP contribution is 2.37. The minimum Gasteiger partial charge on any atom is -0.542 e. The van der Waals surface area contributed by atoms with Crippen LogP contribution >= 0.6 is 0 Å². The molecule has 1 aromatic heterocycles. The predicted molar refractivity (Wildman–Crippen MR) is 63.7 cm³/mol. The van der Waals surface area contributed by atoms with Crippen LogP contribution in [0, 0.1) is 0 Å². The first-order chi connectivity index (χ1) is 6.72. The van der Waals surface area contributed by atoms with Crippen LogP contribution < -0.4 is 4.43 Å². The molecule has 0 aromatic carbocycles. The van der Waals surface area contributed by atoms with Gasteiger partial charge in [0.2, 0.25) is 5.88 Å². The van der Waals surface area contributed by atoms with Crippen molar-refractivity contribution in [1.29, 1.82) is 0 Å². The number of hydrogen-bond donors (Lipinski definition) is 1. The molecule has 0 bridgehead atoms. The summed E-state index contributed by atoms with van der Waals surface area (Å²) in [4.78, 5) is 3.80. The quantitative estimate of drug-likeness (QED) is 0.786. The lowest BCUT2D eigenvalue weighted by Crippen LogP contribution is -2.43. The molecule has 0 aliphatic carbocycles. The summed E-state index contributed by atoms with van der Waals surface area (Å²) in [7, 11) is -1.78. The molecule has 0 atom stereocenters. The van der Waals surface area contributed by atoms with Crippen molar-refractivity contribution in [2.45, 2.75) is 38.9 Å². The first-order valence-electron chi connectivity index (χ1n) is 5.06. The normalized spacial score (nSPS) is 12.6. The zero-order chi connectivity index (χ0) is 11.7. The van der Waals surface area contributed by atoms with Crippen molar-refractivity contribution >= 4 is 8.32 Å². The standard InChI is InChI=1S/C11H19NO2Si/c1-11(2,3)15(4,5)14-9-6-7-10(13)12-8-9/h6-8H,1-5H3,(H,12,13). The van der Waals surface area contributed by atoms with E-state index in [9.17, 15) is 0 Å². The van der Waals surface area contributed by atoms with Crippen molar-refractivity contribution in [2.75, 3.05) is 0 Å². The maximum atomic E-state index is 9.06. The lowest BCUT2D eigenvalue weighted by Gasteiger charge is -2.36. The summed E-state index contributed by atoms with van der Waals surface area (Å²) < 4.78 is 5.99. The van der Waals surface area contributed by atoms with Crippen LogP contribution in [0.1, 0.15) is 20.8 Å². The van der Waals surface area contributed by atoms with E-state index in [-0.39, 0.29) is 10.9 Å². The van der Waals surface area contributed by atoms with Gasteiger partial charge in [-0.15, -0.1) is 0 Å². The molecule has 0 fully saturated rings. The summed E-state index contributed by atoms with van der Waals surface area (Å²) in [6.45, 7) is 10.9. The van der Waals surface area contributed by atoms with E-state index in [1.807, 2.05) is 0 Å². The van der Waals surface area contributed by atoms with Gasteiger partial charge in [0.15, 0.2) is 0 Å². The van der Waals surface area contributed by atoms with Crippen LogP contribution in [0.5, 0.6) is 11.6 Å². The summed E-state index contributed by atoms with van der Waals surface area (Å²) in [5.74, 6) is 0.761. The van der Waals surface area contributed by atoms with Crippen molar-refractivity contribution in [3.05, 3.63) is 18.3 Å². The number of rotatable bonds is 2. The van der Waals surface area contributed by atoms with Gasteiger partial charge in [-0.1, -0.05) is 20.8 Å². The Hall–Kier alpha value is -1.03. The van der Waals surface area contributed by atoms with Crippen molar-refractivity contribution in [3.63, 3.8) is 0 Å². The molecule has 0 radical (unpaired) electrons. The summed E-state index contributed by atoms with van der Waals surface area (Å²) in [6.07, 6.45) is 1.57. The first kappa shape index (κ1) is 12.0. The lowest BCUT2D eigenvalue weighted by atomic mass is 10.2. The van der Waals surface area contributed by atoms with Crippen LogP contribution in [0.4, 0.5) is 0 Å². The fraction of sp³-hybridized carbons (Fsp3) is 0.545. The van der Waals surface area contributed by atoms with Gasteiger partial charge in [0.25, 0.3) is 8.32 Å². The third-order valence-electron chi connectivity index (χ3n) is 2.90. The number of pyridine rings is 1. The molecule has 15 heavy (non-hydrogen) atoms. The number of aromatic nitrogens is 1. The van der Waals surface area contributed by atoms with Crippen molar-refractivity contribution in [3.8, 4) is 11.6 Å². The van der Waals surface area contributed by atoms with Gasteiger partial charge in [-0.3, -0.25) is 0 Å². The molecule has 1 heterocycles. The van der Waals surface area contributed by atoms with E-state index in [0.717, 1.165) is 5.75 Å². The maximum Gasteiger partial charge on any atom is 0.250 e. The van der Waals surface area contributed by atoms with Gasteiger partial charge in [0.05, 0.1) is 6.20 Å². The highest BCUT2D eigenvalue weighted by atomic mass is 28.4. The molecule has 1 rings (SSSR count). The summed E-state index contributed by atoms with van der Waals surface area (Å²) in [6, 6.07) is 3.30. The Bertz CT molecular complexity index is 327. The summed E-state index contributed by atoms with van der Waals surface area (Å²) >= 11 is 0. The Labute approximate surface area is 92.3 Å². The van der Waals surface area contributed by atoms with E-state index in [4.69, 9.17) is 9.53 Å². The molecule has 0 saturated heterocycles. The molecule has 1 N–H and O–H groups in total. The topological polar surface area (TPSA) is 42.4 Å². The van der Waals surface area contributed by atoms with Crippen LogP contribution in [0.3, 0.4) is 0 Å². The largest absolute Gasteiger partial charge is 0.542 e. The van der Waals surface area contributed by atoms with Crippen LogP contribution in [0.2, 0.25) is 18.1 Å². The lowest BCUT2D eigenvalue weighted by molar-refractivity contribution is 0.446. The molecular weight excluding hydrogens is 206 g/mol. The Morgan fingerprint density at radius 3 is 2.27 bits per heavy atom. The second-order valence-corrected chi connectivity index (χ2v) is 9.94. The van der Waals surface area contributed by atoms with Crippen molar-refractivity contribution in [1.82, 2.24) is 4.98 Å². The number of hydrogen-bond acceptors (Lipinski definition) is 3. The van der Waals surface area contributed by atoms with Crippen LogP contribution in [0.25, 0.3) is 0 Å². The smallest absolute Gasteiger partial charge is 0.250 e. The number of aromatic hydroxyl groups is 1. The maximum absolute atomic E-state index is 9.06. The van der Waals surface area contributed by atoms with E-state index in [2.05, 4.69) is 38.8 Å². The average Bonchev–Trinajstić information content (AvgIpc) is 2.06. The van der Waals surface area contributed by atoms with E-state index >= 15 is 0 Å². The first-order valence-corrected chi connectivity index (χ1v) is 7.97. The summed E-state index contributed by atoms with van der Waals surface area (Å²) in [5, 5.41) is 9.23. The SMILES string of the molecule is CC(C)(C)[Si](C)(C)Oc1ccc(O)nc1. The van der Waals surface area contributed by atoms with E-state index in [1.165, 1.54) is 0 Å². The van der Waals surface area contributed by atoms with E-state index in [1.54, 1.807) is 18.3 Å². The van der Waals surface area contributed by atoms with Crippen LogP contribution in [0.15, 0.2) is 18.3 Å². The highest BCUT2D eigenvalue weighted by Gasteiger charge is 2.38. The molecule has 0 saturated carbocycles. The average molecular weight is 225 g/mol. The molecule has 3 nitrogen and oxygen atoms in total. The molecule has 0 amide bonds. The van der Waals surface area contributed by atoms with Crippen molar-refractivity contribution < 1.29 is 9.53 Å². The van der Waals surface area contributed by atoms with Gasteiger partial charge in [0, 0.05) is 6.07 Å². The van der Waals surface area contributed by atoms with Gasteiger partial charge in [-0.25, -0.2) is 4.98 Å². The highest BCUT2D eigenvalue weighted by molar-refractivity contribution is 6.74. The van der Waals surface area contributed by atoms with E-state index in [0.29, 0.717) is 0 Å². The zero-order valence-corrected chi connectivity index (χ0v) is 11.0. The van der Waals surface area contributed by atoms with Gasteiger partial charge < -0.3 is 9.53 Å². The Morgan fingerprint density at radius 1 is 1.27 bits per heavy atom. The van der Waals surface area contributed by atoms with E-state index < -0.39 is 8.32 Å². The number of nitrogens with zero attached hydrogens (tertiary/aromatic N) is 1. The molecule has 0 spiro atoms. The molecular formula is C11H19NO2Si. The van der Waals surface area contributed by atoms with Crippen LogP contribution in [-0.4, -0.2) is 18.4 Å². The predicted octanol–water partition coefficient (Wildman–Crippen LogP) is 3.17. The third kappa shape index (κ3) is 2.96. The molecule has 1 aromatic rings. The van der Waals surface area contributed by atoms with Crippen LogP contribution in [-0.2, 0) is 0 Å². The Balaban J connectivity index is 2.82. The molecule has 0 aliphatic heterocycles. The molecule has 0 unspecified atom stereocenters. The second-order valence-electron chi connectivity index (χ2n) is 5.21. The Morgan fingerprint density at radius 2 is 1.87 bits per heavy atom. The minimum absolute atomic E-state index is 0.0255. The zero-order valence-electron chi connectivity index (χ0n) is 10.0. The fourth-order valence-electron chi connectivity index (χ4n) is 0.881. The minimum atomic E-state index is -1.78. The van der Waals surface area contributed by atoms with Crippen molar-refractivity contribution in [2.24, 2.45) is 0 Å². The monoisotopic (exact) mass is 225 g/mol. The summed E-state index contributed by atoms with van der Waals surface area (Å²) in [5.41, 5.74) is 0. The second kappa shape index (κ2) is 3.85. The fourth-order valence-corrected chi connectivity index (χ4v) is 1.90. The van der Waals surface area contributed by atoms with Gasteiger partial charge in [-0.05, 0) is 24.2 Å². The van der Waals surface area contributed by atoms with Gasteiger partial charge in [-0.2, -0.15) is 0 Å². The Kier molecular flexibility index (Phi) is 3.09. The third-order valence-corrected chi connectivity index (χ3v) is 7.26. The molecule has 4 heteroatoms. The molecule has 0 aliphatic rings. The van der Waals surface area contributed by atoms with Gasteiger partial charge >= 0.3 is 0 Å². The molecule has 84 valence electrons.